The Morgan fingerprint density at radius 1 is 1.36 bits per heavy atom. The van der Waals surface area contributed by atoms with Crippen LogP contribution >= 0.6 is 15.9 Å². The molecule has 1 fully saturated rings. The molecule has 0 aliphatic carbocycles. The van der Waals surface area contributed by atoms with Crippen molar-refractivity contribution in [1.29, 1.82) is 0 Å². The van der Waals surface area contributed by atoms with Crippen molar-refractivity contribution in [3.63, 3.8) is 0 Å². The number of likely N-dealkylation sites (tertiary alicyclic amines) is 1. The van der Waals surface area contributed by atoms with Gasteiger partial charge in [-0.25, -0.2) is 0 Å². The SMILES string of the molecule is CC1CC(Br)CN1Cc1ccccc1. The van der Waals surface area contributed by atoms with Crippen LogP contribution in [0.5, 0.6) is 0 Å². The number of nitrogens with zero attached hydrogens (tertiary/aromatic N) is 1. The fraction of sp³-hybridized carbons (Fsp3) is 0.500. The highest BCUT2D eigenvalue weighted by atomic mass is 79.9. The molecular formula is C12H16BrN. The zero-order chi connectivity index (χ0) is 9.97. The van der Waals surface area contributed by atoms with E-state index in [-0.39, 0.29) is 0 Å². The van der Waals surface area contributed by atoms with Crippen LogP contribution in [0.4, 0.5) is 0 Å². The highest BCUT2D eigenvalue weighted by Crippen LogP contribution is 2.24. The van der Waals surface area contributed by atoms with Crippen LogP contribution < -0.4 is 0 Å². The maximum absolute atomic E-state index is 3.69. The molecule has 14 heavy (non-hydrogen) atoms. The summed E-state index contributed by atoms with van der Waals surface area (Å²) in [6.07, 6.45) is 1.27. The molecule has 1 aliphatic rings. The van der Waals surface area contributed by atoms with Crippen LogP contribution in [-0.2, 0) is 6.54 Å². The van der Waals surface area contributed by atoms with Gasteiger partial charge in [0.1, 0.15) is 0 Å². The molecule has 0 spiro atoms. The predicted molar refractivity (Wildman–Crippen MR) is 63.6 cm³/mol. The molecule has 0 N–H and O–H groups in total. The molecule has 0 bridgehead atoms. The second-order valence-corrected chi connectivity index (χ2v) is 5.39. The summed E-state index contributed by atoms with van der Waals surface area (Å²) in [4.78, 5) is 3.22. The largest absolute Gasteiger partial charge is 0.295 e. The molecule has 0 radical (unpaired) electrons. The van der Waals surface area contributed by atoms with Crippen molar-refractivity contribution in [3.05, 3.63) is 35.9 Å². The Labute approximate surface area is 94.2 Å². The Balaban J connectivity index is 1.98. The zero-order valence-electron chi connectivity index (χ0n) is 8.49. The summed E-state index contributed by atoms with van der Waals surface area (Å²) in [7, 11) is 0. The molecule has 1 aromatic carbocycles. The van der Waals surface area contributed by atoms with Crippen LogP contribution in [0, 0.1) is 0 Å². The maximum Gasteiger partial charge on any atom is 0.0288 e. The van der Waals surface area contributed by atoms with Gasteiger partial charge in [-0.2, -0.15) is 0 Å². The first-order chi connectivity index (χ1) is 6.75. The average Bonchev–Trinajstić information content (AvgIpc) is 2.47. The van der Waals surface area contributed by atoms with Crippen LogP contribution in [-0.4, -0.2) is 22.3 Å². The Morgan fingerprint density at radius 2 is 2.07 bits per heavy atom. The van der Waals surface area contributed by atoms with Gasteiger partial charge in [-0.15, -0.1) is 0 Å². The third-order valence-corrected chi connectivity index (χ3v) is 3.54. The maximum atomic E-state index is 3.69. The van der Waals surface area contributed by atoms with E-state index in [0.29, 0.717) is 10.9 Å². The molecule has 0 amide bonds. The van der Waals surface area contributed by atoms with E-state index in [1.807, 2.05) is 0 Å². The lowest BCUT2D eigenvalue weighted by Crippen LogP contribution is -2.26. The van der Waals surface area contributed by atoms with E-state index in [2.05, 4.69) is 58.1 Å². The van der Waals surface area contributed by atoms with E-state index in [1.165, 1.54) is 18.5 Å². The fourth-order valence-corrected chi connectivity index (χ4v) is 2.98. The number of halogens is 1. The number of hydrogen-bond donors (Lipinski definition) is 0. The number of hydrogen-bond acceptors (Lipinski definition) is 1. The second kappa shape index (κ2) is 4.45. The smallest absolute Gasteiger partial charge is 0.0288 e. The number of rotatable bonds is 2. The lowest BCUT2D eigenvalue weighted by molar-refractivity contribution is 0.261. The van der Waals surface area contributed by atoms with Gasteiger partial charge in [0.2, 0.25) is 0 Å². The monoisotopic (exact) mass is 253 g/mol. The molecular weight excluding hydrogens is 238 g/mol. The van der Waals surface area contributed by atoms with Crippen LogP contribution in [0.15, 0.2) is 30.3 Å². The van der Waals surface area contributed by atoms with Crippen molar-refractivity contribution in [2.24, 2.45) is 0 Å². The zero-order valence-corrected chi connectivity index (χ0v) is 10.1. The summed E-state index contributed by atoms with van der Waals surface area (Å²) in [6.45, 7) is 4.57. The Bertz CT molecular complexity index is 286. The van der Waals surface area contributed by atoms with Crippen molar-refractivity contribution in [2.75, 3.05) is 6.54 Å². The van der Waals surface area contributed by atoms with Gasteiger partial charge in [-0.1, -0.05) is 46.3 Å². The summed E-state index contributed by atoms with van der Waals surface area (Å²) in [5.41, 5.74) is 1.42. The number of benzene rings is 1. The molecule has 2 atom stereocenters. The van der Waals surface area contributed by atoms with Crippen LogP contribution in [0.2, 0.25) is 0 Å². The standard InChI is InChI=1S/C12H16BrN/c1-10-7-12(13)9-14(10)8-11-5-3-2-4-6-11/h2-6,10,12H,7-9H2,1H3. The molecule has 1 aliphatic heterocycles. The Kier molecular flexibility index (Phi) is 3.24. The highest BCUT2D eigenvalue weighted by molar-refractivity contribution is 9.09. The van der Waals surface area contributed by atoms with E-state index in [0.717, 1.165) is 6.54 Å². The first kappa shape index (κ1) is 10.2. The van der Waals surface area contributed by atoms with Gasteiger partial charge in [-0.3, -0.25) is 4.90 Å². The van der Waals surface area contributed by atoms with Crippen molar-refractivity contribution in [3.8, 4) is 0 Å². The third kappa shape index (κ3) is 2.37. The fourth-order valence-electron chi connectivity index (χ4n) is 2.07. The first-order valence-corrected chi connectivity index (χ1v) is 6.09. The lowest BCUT2D eigenvalue weighted by Gasteiger charge is -2.20. The summed E-state index contributed by atoms with van der Waals surface area (Å²) >= 11 is 3.69. The third-order valence-electron chi connectivity index (χ3n) is 2.88. The van der Waals surface area contributed by atoms with Gasteiger partial charge < -0.3 is 0 Å². The van der Waals surface area contributed by atoms with E-state index < -0.39 is 0 Å². The normalized spacial score (nSPS) is 28.1. The molecule has 0 aromatic heterocycles. The lowest BCUT2D eigenvalue weighted by atomic mass is 10.2. The second-order valence-electron chi connectivity index (χ2n) is 4.10. The molecule has 0 saturated carbocycles. The first-order valence-electron chi connectivity index (χ1n) is 5.18. The van der Waals surface area contributed by atoms with Gasteiger partial charge in [0.25, 0.3) is 0 Å². The molecule has 1 saturated heterocycles. The van der Waals surface area contributed by atoms with Gasteiger partial charge in [0.15, 0.2) is 0 Å². The molecule has 1 nitrogen and oxygen atoms in total. The quantitative estimate of drug-likeness (QED) is 0.733. The van der Waals surface area contributed by atoms with Gasteiger partial charge in [0.05, 0.1) is 0 Å². The number of alkyl halides is 1. The van der Waals surface area contributed by atoms with Gasteiger partial charge >= 0.3 is 0 Å². The summed E-state index contributed by atoms with van der Waals surface area (Å²) < 4.78 is 0. The summed E-state index contributed by atoms with van der Waals surface area (Å²) in [6, 6.07) is 11.4. The molecule has 1 aromatic rings. The Hall–Kier alpha value is -0.340. The molecule has 1 heterocycles. The average molecular weight is 254 g/mol. The molecule has 2 unspecified atom stereocenters. The van der Waals surface area contributed by atoms with Crippen molar-refractivity contribution < 1.29 is 0 Å². The molecule has 2 rings (SSSR count). The topological polar surface area (TPSA) is 3.24 Å². The molecule has 2 heteroatoms. The van der Waals surface area contributed by atoms with E-state index in [1.54, 1.807) is 0 Å². The van der Waals surface area contributed by atoms with Crippen molar-refractivity contribution >= 4 is 15.9 Å². The Morgan fingerprint density at radius 3 is 2.64 bits per heavy atom. The van der Waals surface area contributed by atoms with Crippen LogP contribution in [0.25, 0.3) is 0 Å². The van der Waals surface area contributed by atoms with Crippen LogP contribution in [0.1, 0.15) is 18.9 Å². The van der Waals surface area contributed by atoms with Gasteiger partial charge in [0, 0.05) is 24.0 Å². The summed E-state index contributed by atoms with van der Waals surface area (Å²) in [5, 5.41) is 0. The molecule has 76 valence electrons. The van der Waals surface area contributed by atoms with Gasteiger partial charge in [-0.05, 0) is 18.9 Å². The van der Waals surface area contributed by atoms with E-state index >= 15 is 0 Å². The minimum absolute atomic E-state index is 0.682. The van der Waals surface area contributed by atoms with Crippen molar-refractivity contribution in [2.45, 2.75) is 30.8 Å². The van der Waals surface area contributed by atoms with Crippen molar-refractivity contribution in [1.82, 2.24) is 4.90 Å². The van der Waals surface area contributed by atoms with Crippen LogP contribution in [0.3, 0.4) is 0 Å². The van der Waals surface area contributed by atoms with E-state index in [4.69, 9.17) is 0 Å². The predicted octanol–water partition coefficient (Wildman–Crippen LogP) is 3.04. The van der Waals surface area contributed by atoms with E-state index in [9.17, 15) is 0 Å². The summed E-state index contributed by atoms with van der Waals surface area (Å²) in [5.74, 6) is 0. The highest BCUT2D eigenvalue weighted by Gasteiger charge is 2.26. The minimum atomic E-state index is 0.682. The minimum Gasteiger partial charge on any atom is -0.295 e.